The summed E-state index contributed by atoms with van der Waals surface area (Å²) in [6, 6.07) is 23.1. The van der Waals surface area contributed by atoms with Gasteiger partial charge in [0.2, 0.25) is 0 Å². The zero-order valence-corrected chi connectivity index (χ0v) is 15.2. The number of carboxylic acids is 1. The fraction of sp³-hybridized carbons (Fsp3) is 0.130. The number of benzene rings is 3. The van der Waals surface area contributed by atoms with Gasteiger partial charge in [-0.25, -0.2) is 4.79 Å². The van der Waals surface area contributed by atoms with Crippen LogP contribution in [0, 0.1) is 0 Å². The molecule has 0 atom stereocenters. The van der Waals surface area contributed by atoms with E-state index in [2.05, 4.69) is 0 Å². The van der Waals surface area contributed by atoms with Crippen LogP contribution in [-0.4, -0.2) is 23.7 Å². The van der Waals surface area contributed by atoms with E-state index in [1.54, 1.807) is 24.3 Å². The van der Waals surface area contributed by atoms with Crippen LogP contribution < -0.4 is 9.47 Å². The lowest BCUT2D eigenvalue weighted by molar-refractivity contribution is -0.133. The molecule has 0 unspecified atom stereocenters. The molecular weight excluding hydrogens is 356 g/mol. The van der Waals surface area contributed by atoms with E-state index in [1.807, 2.05) is 42.5 Å². The molecule has 3 aromatic carbocycles. The van der Waals surface area contributed by atoms with Crippen molar-refractivity contribution in [1.82, 2.24) is 0 Å². The molecule has 0 spiro atoms. The summed E-state index contributed by atoms with van der Waals surface area (Å²) in [5.41, 5.74) is 2.19. The van der Waals surface area contributed by atoms with E-state index in [0.717, 1.165) is 11.1 Å². The van der Waals surface area contributed by atoms with Crippen molar-refractivity contribution in [2.75, 3.05) is 6.61 Å². The molecule has 142 valence electrons. The van der Waals surface area contributed by atoms with Crippen LogP contribution in [0.25, 0.3) is 0 Å². The number of esters is 1. The van der Waals surface area contributed by atoms with Gasteiger partial charge in [0.15, 0.2) is 0 Å². The molecule has 3 rings (SSSR count). The highest BCUT2D eigenvalue weighted by molar-refractivity contribution is 5.87. The van der Waals surface area contributed by atoms with Crippen molar-refractivity contribution in [1.29, 1.82) is 0 Å². The number of carboxylic acid groups (broad SMARTS) is 1. The molecule has 28 heavy (non-hydrogen) atoms. The summed E-state index contributed by atoms with van der Waals surface area (Å²) < 4.78 is 11.0. The highest BCUT2D eigenvalue weighted by atomic mass is 16.5. The monoisotopic (exact) mass is 376 g/mol. The average molecular weight is 376 g/mol. The topological polar surface area (TPSA) is 72.8 Å². The number of rotatable bonds is 8. The van der Waals surface area contributed by atoms with Gasteiger partial charge in [0, 0.05) is 6.42 Å². The Kier molecular flexibility index (Phi) is 6.41. The fourth-order valence-corrected chi connectivity index (χ4v) is 2.63. The van der Waals surface area contributed by atoms with Crippen LogP contribution in [0.1, 0.15) is 21.5 Å². The third-order valence-electron chi connectivity index (χ3n) is 4.11. The minimum atomic E-state index is -0.962. The van der Waals surface area contributed by atoms with Gasteiger partial charge in [0.25, 0.3) is 0 Å². The zero-order valence-electron chi connectivity index (χ0n) is 15.2. The summed E-state index contributed by atoms with van der Waals surface area (Å²) in [6.45, 7) is 0.458. The van der Waals surface area contributed by atoms with Gasteiger partial charge in [-0.2, -0.15) is 0 Å². The van der Waals surface area contributed by atoms with Crippen molar-refractivity contribution < 1.29 is 24.2 Å². The molecule has 0 aliphatic heterocycles. The van der Waals surface area contributed by atoms with Crippen LogP contribution in [0.4, 0.5) is 0 Å². The highest BCUT2D eigenvalue weighted by Crippen LogP contribution is 2.16. The zero-order chi connectivity index (χ0) is 19.8. The van der Waals surface area contributed by atoms with Crippen molar-refractivity contribution >= 4 is 11.9 Å². The number of aromatic carboxylic acids is 1. The molecule has 0 aliphatic carbocycles. The molecule has 3 aromatic rings. The second-order valence-corrected chi connectivity index (χ2v) is 6.21. The maximum absolute atomic E-state index is 12.0. The van der Waals surface area contributed by atoms with Crippen molar-refractivity contribution in [2.45, 2.75) is 12.8 Å². The fourth-order valence-electron chi connectivity index (χ4n) is 2.63. The van der Waals surface area contributed by atoms with E-state index in [0.29, 0.717) is 24.5 Å². The van der Waals surface area contributed by atoms with Crippen molar-refractivity contribution in [3.05, 3.63) is 95.6 Å². The lowest BCUT2D eigenvalue weighted by atomic mass is 10.1. The Labute approximate surface area is 163 Å². The van der Waals surface area contributed by atoms with Gasteiger partial charge in [-0.15, -0.1) is 0 Å². The first kappa shape index (κ1) is 19.2. The van der Waals surface area contributed by atoms with Gasteiger partial charge in [0.1, 0.15) is 11.5 Å². The summed E-state index contributed by atoms with van der Waals surface area (Å²) in [5.74, 6) is -0.130. The Morgan fingerprint density at radius 3 is 2.04 bits per heavy atom. The first-order valence-electron chi connectivity index (χ1n) is 8.90. The first-order valence-corrected chi connectivity index (χ1v) is 8.90. The van der Waals surface area contributed by atoms with Gasteiger partial charge in [-0.05, 0) is 47.5 Å². The van der Waals surface area contributed by atoms with Crippen LogP contribution in [-0.2, 0) is 17.6 Å². The lowest BCUT2D eigenvalue weighted by Crippen LogP contribution is -2.11. The van der Waals surface area contributed by atoms with Gasteiger partial charge in [-0.3, -0.25) is 4.79 Å². The maximum Gasteiger partial charge on any atom is 0.335 e. The van der Waals surface area contributed by atoms with Crippen LogP contribution >= 0.6 is 0 Å². The molecule has 0 bridgehead atoms. The molecule has 0 saturated carbocycles. The van der Waals surface area contributed by atoms with Crippen LogP contribution in [0.15, 0.2) is 78.9 Å². The lowest BCUT2D eigenvalue weighted by Gasteiger charge is -2.08. The molecule has 0 amide bonds. The summed E-state index contributed by atoms with van der Waals surface area (Å²) in [6.07, 6.45) is 0.913. The molecule has 0 fully saturated rings. The second kappa shape index (κ2) is 9.37. The van der Waals surface area contributed by atoms with Crippen LogP contribution in [0.2, 0.25) is 0 Å². The Morgan fingerprint density at radius 2 is 1.39 bits per heavy atom. The number of hydrogen-bond acceptors (Lipinski definition) is 4. The summed E-state index contributed by atoms with van der Waals surface area (Å²) in [4.78, 5) is 22.8. The van der Waals surface area contributed by atoms with Crippen molar-refractivity contribution in [3.63, 3.8) is 0 Å². The van der Waals surface area contributed by atoms with E-state index >= 15 is 0 Å². The Bertz CT molecular complexity index is 915. The number of carbonyl (C=O) groups is 2. The standard InChI is InChI=1S/C23H20O5/c24-22(16-18-4-2-1-3-5-18)28-21-10-6-17(7-11-21)14-15-27-20-12-8-19(9-13-20)23(25)26/h1-13H,14-16H2,(H,25,26). The molecule has 5 heteroatoms. The third kappa shape index (κ3) is 5.71. The quantitative estimate of drug-likeness (QED) is 0.472. The van der Waals surface area contributed by atoms with E-state index in [1.165, 1.54) is 12.1 Å². The van der Waals surface area contributed by atoms with E-state index < -0.39 is 5.97 Å². The molecule has 0 aliphatic rings. The molecule has 5 nitrogen and oxygen atoms in total. The predicted octanol–water partition coefficient (Wildman–Crippen LogP) is 4.15. The minimum Gasteiger partial charge on any atom is -0.493 e. The Hall–Kier alpha value is -3.60. The van der Waals surface area contributed by atoms with Gasteiger partial charge in [-0.1, -0.05) is 42.5 Å². The Morgan fingerprint density at radius 1 is 0.750 bits per heavy atom. The molecule has 0 heterocycles. The van der Waals surface area contributed by atoms with Crippen LogP contribution in [0.3, 0.4) is 0 Å². The summed E-state index contributed by atoms with van der Waals surface area (Å²) >= 11 is 0. The average Bonchev–Trinajstić information content (AvgIpc) is 2.70. The molecule has 0 radical (unpaired) electrons. The smallest absolute Gasteiger partial charge is 0.335 e. The summed E-state index contributed by atoms with van der Waals surface area (Å²) in [5, 5.41) is 8.88. The third-order valence-corrected chi connectivity index (χ3v) is 4.11. The van der Waals surface area contributed by atoms with Gasteiger partial charge in [0.05, 0.1) is 18.6 Å². The summed E-state index contributed by atoms with van der Waals surface area (Å²) in [7, 11) is 0. The number of hydrogen-bond donors (Lipinski definition) is 1. The number of carbonyl (C=O) groups excluding carboxylic acids is 1. The van der Waals surface area contributed by atoms with E-state index in [4.69, 9.17) is 14.6 Å². The molecular formula is C23H20O5. The second-order valence-electron chi connectivity index (χ2n) is 6.21. The molecule has 1 N–H and O–H groups in total. The van der Waals surface area contributed by atoms with Gasteiger partial charge >= 0.3 is 11.9 Å². The highest BCUT2D eigenvalue weighted by Gasteiger charge is 2.06. The predicted molar refractivity (Wildman–Crippen MR) is 105 cm³/mol. The maximum atomic E-state index is 12.0. The number of ether oxygens (including phenoxy) is 2. The first-order chi connectivity index (χ1) is 13.6. The largest absolute Gasteiger partial charge is 0.493 e. The van der Waals surface area contributed by atoms with E-state index in [9.17, 15) is 9.59 Å². The SMILES string of the molecule is O=C(Cc1ccccc1)Oc1ccc(CCOc2ccc(C(=O)O)cc2)cc1. The minimum absolute atomic E-state index is 0.227. The van der Waals surface area contributed by atoms with Crippen molar-refractivity contribution in [3.8, 4) is 11.5 Å². The molecule has 0 saturated heterocycles. The van der Waals surface area contributed by atoms with Gasteiger partial charge < -0.3 is 14.6 Å². The molecule has 0 aromatic heterocycles. The normalized spacial score (nSPS) is 10.3. The van der Waals surface area contributed by atoms with E-state index in [-0.39, 0.29) is 18.0 Å². The van der Waals surface area contributed by atoms with Crippen LogP contribution in [0.5, 0.6) is 11.5 Å². The Balaban J connectivity index is 1.45. The van der Waals surface area contributed by atoms with Crippen molar-refractivity contribution in [2.24, 2.45) is 0 Å².